The normalized spacial score (nSPS) is 15.2. The van der Waals surface area contributed by atoms with Crippen molar-refractivity contribution in [3.05, 3.63) is 46.8 Å². The highest BCUT2D eigenvalue weighted by molar-refractivity contribution is 7.13. The number of hydrogen-bond acceptors (Lipinski definition) is 5. The maximum Gasteiger partial charge on any atom is 0.321 e. The zero-order valence-electron chi connectivity index (χ0n) is 13.9. The van der Waals surface area contributed by atoms with Crippen LogP contribution in [0.25, 0.3) is 10.7 Å². The van der Waals surface area contributed by atoms with E-state index >= 15 is 0 Å². The Morgan fingerprint density at radius 2 is 1.96 bits per heavy atom. The standard InChI is InChI=1S/C17H17ClN6OS/c18-12-3-5-13(6-4-12)19-17(25)23-9-7-14(8-10-23)24-21-16(20-22-24)15-2-1-11-26-15/h1-6,11,14H,7-10H2,(H,19,25). The van der Waals surface area contributed by atoms with Crippen LogP contribution in [0.4, 0.5) is 10.5 Å². The van der Waals surface area contributed by atoms with Crippen LogP contribution in [0, 0.1) is 0 Å². The van der Waals surface area contributed by atoms with Crippen LogP contribution in [-0.2, 0) is 0 Å². The van der Waals surface area contributed by atoms with E-state index in [2.05, 4.69) is 20.7 Å². The van der Waals surface area contributed by atoms with Crippen molar-refractivity contribution in [1.29, 1.82) is 0 Å². The number of urea groups is 1. The van der Waals surface area contributed by atoms with E-state index in [1.807, 2.05) is 22.4 Å². The van der Waals surface area contributed by atoms with Crippen LogP contribution in [0.5, 0.6) is 0 Å². The van der Waals surface area contributed by atoms with Crippen molar-refractivity contribution in [3.63, 3.8) is 0 Å². The smallest absolute Gasteiger partial charge is 0.321 e. The highest BCUT2D eigenvalue weighted by Gasteiger charge is 2.25. The molecule has 0 atom stereocenters. The lowest BCUT2D eigenvalue weighted by Gasteiger charge is -2.31. The van der Waals surface area contributed by atoms with Crippen molar-refractivity contribution in [2.24, 2.45) is 0 Å². The van der Waals surface area contributed by atoms with E-state index < -0.39 is 0 Å². The molecule has 1 aliphatic heterocycles. The first-order valence-corrected chi connectivity index (χ1v) is 9.60. The number of amides is 2. The second-order valence-corrected chi connectivity index (χ2v) is 7.45. The molecule has 0 unspecified atom stereocenters. The third-order valence-corrected chi connectivity index (χ3v) is 5.46. The van der Waals surface area contributed by atoms with E-state index in [4.69, 9.17) is 11.6 Å². The van der Waals surface area contributed by atoms with Crippen LogP contribution in [0.15, 0.2) is 41.8 Å². The first-order chi connectivity index (χ1) is 12.7. The van der Waals surface area contributed by atoms with Crippen molar-refractivity contribution in [1.82, 2.24) is 25.1 Å². The summed E-state index contributed by atoms with van der Waals surface area (Å²) < 4.78 is 0. The van der Waals surface area contributed by atoms with Gasteiger partial charge in [-0.2, -0.15) is 4.80 Å². The molecule has 0 radical (unpaired) electrons. The molecule has 3 aromatic rings. The number of piperidine rings is 1. The zero-order valence-corrected chi connectivity index (χ0v) is 15.5. The molecule has 134 valence electrons. The number of benzene rings is 1. The summed E-state index contributed by atoms with van der Waals surface area (Å²) in [6, 6.07) is 11.1. The number of carbonyl (C=O) groups is 1. The number of nitrogens with zero attached hydrogens (tertiary/aromatic N) is 5. The minimum atomic E-state index is -0.100. The molecule has 1 fully saturated rings. The fourth-order valence-corrected chi connectivity index (χ4v) is 3.69. The minimum absolute atomic E-state index is 0.100. The highest BCUT2D eigenvalue weighted by Crippen LogP contribution is 2.24. The van der Waals surface area contributed by atoms with Gasteiger partial charge in [0.25, 0.3) is 0 Å². The molecular formula is C17H17ClN6OS. The fourth-order valence-electron chi connectivity index (χ4n) is 2.92. The molecular weight excluding hydrogens is 372 g/mol. The van der Waals surface area contributed by atoms with E-state index in [0.717, 1.165) is 23.4 Å². The summed E-state index contributed by atoms with van der Waals surface area (Å²) in [4.78, 5) is 16.9. The zero-order chi connectivity index (χ0) is 17.9. The average Bonchev–Trinajstić information content (AvgIpc) is 3.35. The Morgan fingerprint density at radius 3 is 2.65 bits per heavy atom. The molecule has 4 rings (SSSR count). The Labute approximate surface area is 159 Å². The number of nitrogens with one attached hydrogen (secondary N) is 1. The number of carbonyl (C=O) groups excluding carboxylic acids is 1. The third-order valence-electron chi connectivity index (χ3n) is 4.34. The van der Waals surface area contributed by atoms with Crippen molar-refractivity contribution >= 4 is 34.7 Å². The molecule has 0 spiro atoms. The maximum absolute atomic E-state index is 12.4. The Morgan fingerprint density at radius 1 is 1.19 bits per heavy atom. The van der Waals surface area contributed by atoms with Crippen LogP contribution < -0.4 is 5.32 Å². The van der Waals surface area contributed by atoms with Crippen LogP contribution in [0.3, 0.4) is 0 Å². The van der Waals surface area contributed by atoms with E-state index in [-0.39, 0.29) is 12.1 Å². The van der Waals surface area contributed by atoms with Crippen LogP contribution in [0.1, 0.15) is 18.9 Å². The van der Waals surface area contributed by atoms with Gasteiger partial charge in [-0.15, -0.1) is 21.5 Å². The topological polar surface area (TPSA) is 75.9 Å². The van der Waals surface area contributed by atoms with Gasteiger partial charge in [-0.05, 0) is 53.8 Å². The molecule has 1 aromatic carbocycles. The van der Waals surface area contributed by atoms with Crippen molar-refractivity contribution < 1.29 is 4.79 Å². The Kier molecular flexibility index (Phi) is 4.85. The molecule has 3 heterocycles. The number of anilines is 1. The van der Waals surface area contributed by atoms with Crippen molar-refractivity contribution in [3.8, 4) is 10.7 Å². The fraction of sp³-hybridized carbons (Fsp3) is 0.294. The molecule has 1 saturated heterocycles. The van der Waals surface area contributed by atoms with Crippen molar-refractivity contribution in [2.45, 2.75) is 18.9 Å². The summed E-state index contributed by atoms with van der Waals surface area (Å²) >= 11 is 7.46. The summed E-state index contributed by atoms with van der Waals surface area (Å²) in [5.41, 5.74) is 0.736. The molecule has 0 saturated carbocycles. The van der Waals surface area contributed by atoms with Gasteiger partial charge < -0.3 is 10.2 Å². The van der Waals surface area contributed by atoms with Gasteiger partial charge >= 0.3 is 6.03 Å². The number of likely N-dealkylation sites (tertiary alicyclic amines) is 1. The average molecular weight is 389 g/mol. The molecule has 9 heteroatoms. The summed E-state index contributed by atoms with van der Waals surface area (Å²) in [5, 5.41) is 18.4. The molecule has 26 heavy (non-hydrogen) atoms. The maximum atomic E-state index is 12.4. The van der Waals surface area contributed by atoms with E-state index in [0.29, 0.717) is 23.9 Å². The van der Waals surface area contributed by atoms with Gasteiger partial charge in [0.2, 0.25) is 5.82 Å². The lowest BCUT2D eigenvalue weighted by atomic mass is 10.1. The quantitative estimate of drug-likeness (QED) is 0.737. The van der Waals surface area contributed by atoms with Gasteiger partial charge in [0, 0.05) is 23.8 Å². The highest BCUT2D eigenvalue weighted by atomic mass is 35.5. The van der Waals surface area contributed by atoms with E-state index in [9.17, 15) is 4.79 Å². The number of rotatable bonds is 3. The Bertz CT molecular complexity index is 871. The first kappa shape index (κ1) is 17.0. The lowest BCUT2D eigenvalue weighted by molar-refractivity contribution is 0.175. The van der Waals surface area contributed by atoms with Crippen LogP contribution in [0.2, 0.25) is 5.02 Å². The molecule has 7 nitrogen and oxygen atoms in total. The largest absolute Gasteiger partial charge is 0.324 e. The molecule has 1 N–H and O–H groups in total. The van der Waals surface area contributed by atoms with Crippen molar-refractivity contribution in [2.75, 3.05) is 18.4 Å². The predicted molar refractivity (Wildman–Crippen MR) is 101 cm³/mol. The third kappa shape index (κ3) is 3.71. The molecule has 1 aliphatic rings. The Hall–Kier alpha value is -2.45. The number of hydrogen-bond donors (Lipinski definition) is 1. The number of halogens is 1. The molecule has 0 aliphatic carbocycles. The van der Waals surface area contributed by atoms with Gasteiger partial charge in [-0.1, -0.05) is 17.7 Å². The number of tetrazole rings is 1. The van der Waals surface area contributed by atoms with Gasteiger partial charge in [0.15, 0.2) is 0 Å². The van der Waals surface area contributed by atoms with Gasteiger partial charge in [-0.3, -0.25) is 0 Å². The summed E-state index contributed by atoms with van der Waals surface area (Å²) in [7, 11) is 0. The van der Waals surface area contributed by atoms with E-state index in [1.165, 1.54) is 0 Å². The van der Waals surface area contributed by atoms with Crippen LogP contribution in [-0.4, -0.2) is 44.2 Å². The first-order valence-electron chi connectivity index (χ1n) is 8.34. The Balaban J connectivity index is 1.33. The van der Waals surface area contributed by atoms with Gasteiger partial charge in [0.1, 0.15) is 0 Å². The minimum Gasteiger partial charge on any atom is -0.324 e. The van der Waals surface area contributed by atoms with Crippen LogP contribution >= 0.6 is 22.9 Å². The van der Waals surface area contributed by atoms with Gasteiger partial charge in [-0.25, -0.2) is 4.79 Å². The molecule has 2 amide bonds. The van der Waals surface area contributed by atoms with Gasteiger partial charge in [0.05, 0.1) is 10.9 Å². The predicted octanol–water partition coefficient (Wildman–Crippen LogP) is 3.92. The summed E-state index contributed by atoms with van der Waals surface area (Å²) in [6.07, 6.45) is 1.60. The monoisotopic (exact) mass is 388 g/mol. The molecule has 2 aromatic heterocycles. The number of thiophene rings is 1. The van der Waals surface area contributed by atoms with E-state index in [1.54, 1.807) is 40.4 Å². The SMILES string of the molecule is O=C(Nc1ccc(Cl)cc1)N1CCC(n2nnc(-c3cccs3)n2)CC1. The second-order valence-electron chi connectivity index (χ2n) is 6.07. The summed E-state index contributed by atoms with van der Waals surface area (Å²) in [6.45, 7) is 1.31. The molecule has 0 bridgehead atoms. The second kappa shape index (κ2) is 7.43. The lowest BCUT2D eigenvalue weighted by Crippen LogP contribution is -2.41. The number of aromatic nitrogens is 4. The summed E-state index contributed by atoms with van der Waals surface area (Å²) in [5.74, 6) is 0.655.